The summed E-state index contributed by atoms with van der Waals surface area (Å²) in [7, 11) is 0. The second-order valence-corrected chi connectivity index (χ2v) is 2.77. The lowest BCUT2D eigenvalue weighted by molar-refractivity contribution is -0.123. The zero-order valence-electron chi connectivity index (χ0n) is 6.54. The van der Waals surface area contributed by atoms with Crippen molar-refractivity contribution in [1.82, 2.24) is 0 Å². The molecule has 3 nitrogen and oxygen atoms in total. The second-order valence-electron chi connectivity index (χ2n) is 2.77. The van der Waals surface area contributed by atoms with Crippen LogP contribution in [0.5, 0.6) is 0 Å². The van der Waals surface area contributed by atoms with Gasteiger partial charge < -0.3 is 5.32 Å². The SMILES string of the molecule is N#C[C@@]1(F)C(=O)Nc2ccccc21. The summed E-state index contributed by atoms with van der Waals surface area (Å²) in [5.74, 6) is -0.906. The van der Waals surface area contributed by atoms with Gasteiger partial charge in [-0.3, -0.25) is 4.79 Å². The fraction of sp³-hybridized carbons (Fsp3) is 0.111. The molecule has 13 heavy (non-hydrogen) atoms. The van der Waals surface area contributed by atoms with Crippen LogP contribution < -0.4 is 5.32 Å². The number of nitrogens with zero attached hydrogens (tertiary/aromatic N) is 1. The van der Waals surface area contributed by atoms with E-state index in [1.54, 1.807) is 18.2 Å². The quantitative estimate of drug-likeness (QED) is 0.648. The number of benzene rings is 1. The van der Waals surface area contributed by atoms with E-state index in [1.807, 2.05) is 0 Å². The zero-order valence-corrected chi connectivity index (χ0v) is 6.54. The van der Waals surface area contributed by atoms with E-state index in [0.29, 0.717) is 5.69 Å². The Kier molecular flexibility index (Phi) is 1.37. The first-order valence-electron chi connectivity index (χ1n) is 3.69. The normalized spacial score (nSPS) is 24.8. The number of hydrogen-bond acceptors (Lipinski definition) is 2. The fourth-order valence-electron chi connectivity index (χ4n) is 1.33. The Morgan fingerprint density at radius 1 is 1.46 bits per heavy atom. The molecule has 0 saturated carbocycles. The minimum Gasteiger partial charge on any atom is -0.322 e. The summed E-state index contributed by atoms with van der Waals surface area (Å²) in [6.45, 7) is 0. The number of rotatable bonds is 0. The van der Waals surface area contributed by atoms with E-state index in [1.165, 1.54) is 12.1 Å². The van der Waals surface area contributed by atoms with Crippen molar-refractivity contribution in [3.63, 3.8) is 0 Å². The van der Waals surface area contributed by atoms with E-state index in [0.717, 1.165) is 0 Å². The van der Waals surface area contributed by atoms with Gasteiger partial charge in [0.05, 0.1) is 0 Å². The highest BCUT2D eigenvalue weighted by atomic mass is 19.1. The molecule has 0 fully saturated rings. The number of hydrogen-bond donors (Lipinski definition) is 1. The van der Waals surface area contributed by atoms with Crippen LogP contribution in [0.3, 0.4) is 0 Å². The molecule has 1 aliphatic rings. The lowest BCUT2D eigenvalue weighted by Crippen LogP contribution is -2.27. The largest absolute Gasteiger partial charge is 0.322 e. The molecule has 0 saturated heterocycles. The van der Waals surface area contributed by atoms with Crippen molar-refractivity contribution in [3.05, 3.63) is 29.8 Å². The number of anilines is 1. The summed E-state index contributed by atoms with van der Waals surface area (Å²) in [5.41, 5.74) is -2.05. The van der Waals surface area contributed by atoms with E-state index in [2.05, 4.69) is 5.32 Å². The van der Waals surface area contributed by atoms with E-state index in [-0.39, 0.29) is 5.56 Å². The molecule has 1 aliphatic heterocycles. The number of amides is 1. The van der Waals surface area contributed by atoms with Crippen molar-refractivity contribution < 1.29 is 9.18 Å². The fourth-order valence-corrected chi connectivity index (χ4v) is 1.33. The van der Waals surface area contributed by atoms with Gasteiger partial charge in [0.15, 0.2) is 0 Å². The van der Waals surface area contributed by atoms with Crippen molar-refractivity contribution in [2.45, 2.75) is 5.67 Å². The summed E-state index contributed by atoms with van der Waals surface area (Å²) in [6.07, 6.45) is 0. The zero-order chi connectivity index (χ0) is 9.47. The van der Waals surface area contributed by atoms with Crippen LogP contribution in [0.4, 0.5) is 10.1 Å². The average Bonchev–Trinajstić information content (AvgIpc) is 2.41. The van der Waals surface area contributed by atoms with Crippen molar-refractivity contribution in [2.24, 2.45) is 0 Å². The van der Waals surface area contributed by atoms with Gasteiger partial charge in [0.2, 0.25) is 0 Å². The average molecular weight is 176 g/mol. The van der Waals surface area contributed by atoms with Gasteiger partial charge in [-0.05, 0) is 6.07 Å². The molecule has 1 amide bonds. The maximum Gasteiger partial charge on any atom is 0.300 e. The Morgan fingerprint density at radius 3 is 2.85 bits per heavy atom. The monoisotopic (exact) mass is 176 g/mol. The van der Waals surface area contributed by atoms with Gasteiger partial charge in [-0.25, -0.2) is 4.39 Å². The topological polar surface area (TPSA) is 52.9 Å². The minimum atomic E-state index is -2.52. The molecule has 1 atom stereocenters. The Balaban J connectivity index is 2.67. The van der Waals surface area contributed by atoms with Crippen LogP contribution in [0.1, 0.15) is 5.56 Å². The summed E-state index contributed by atoms with van der Waals surface area (Å²) in [5, 5.41) is 10.9. The number of carbonyl (C=O) groups excluding carboxylic acids is 1. The van der Waals surface area contributed by atoms with E-state index in [4.69, 9.17) is 5.26 Å². The Labute approximate surface area is 73.8 Å². The number of nitriles is 1. The van der Waals surface area contributed by atoms with Gasteiger partial charge in [0.25, 0.3) is 11.6 Å². The highest BCUT2D eigenvalue weighted by Crippen LogP contribution is 2.38. The van der Waals surface area contributed by atoms with Crippen LogP contribution >= 0.6 is 0 Å². The van der Waals surface area contributed by atoms with E-state index < -0.39 is 11.6 Å². The van der Waals surface area contributed by atoms with Crippen LogP contribution in [0.25, 0.3) is 0 Å². The van der Waals surface area contributed by atoms with Crippen molar-refractivity contribution in [2.75, 3.05) is 5.32 Å². The van der Waals surface area contributed by atoms with Crippen LogP contribution in [0.15, 0.2) is 24.3 Å². The molecule has 1 aromatic rings. The molecule has 4 heteroatoms. The highest BCUT2D eigenvalue weighted by molar-refractivity contribution is 6.06. The van der Waals surface area contributed by atoms with Gasteiger partial charge in [0, 0.05) is 11.3 Å². The molecular weight excluding hydrogens is 171 g/mol. The van der Waals surface area contributed by atoms with Gasteiger partial charge in [-0.2, -0.15) is 5.26 Å². The number of nitrogens with one attached hydrogen (secondary N) is 1. The van der Waals surface area contributed by atoms with Crippen LogP contribution in [0, 0.1) is 11.3 Å². The third kappa shape index (κ3) is 0.842. The summed E-state index contributed by atoms with van der Waals surface area (Å²) >= 11 is 0. The van der Waals surface area contributed by atoms with Gasteiger partial charge in [-0.1, -0.05) is 18.2 Å². The van der Waals surface area contributed by atoms with Crippen LogP contribution in [-0.2, 0) is 10.5 Å². The molecule has 0 radical (unpaired) electrons. The minimum absolute atomic E-state index is 0.0995. The number of carbonyl (C=O) groups is 1. The molecule has 0 unspecified atom stereocenters. The molecule has 1 aromatic carbocycles. The molecule has 64 valence electrons. The second kappa shape index (κ2) is 2.30. The third-order valence-electron chi connectivity index (χ3n) is 2.01. The standard InChI is InChI=1S/C9H5FN2O/c10-9(5-11)6-3-1-2-4-7(6)12-8(9)13/h1-4H,(H,12,13)/t9-/m0/s1. The van der Waals surface area contributed by atoms with Crippen LogP contribution in [0.2, 0.25) is 0 Å². The molecule has 1 heterocycles. The molecule has 0 aromatic heterocycles. The Hall–Kier alpha value is -1.89. The predicted octanol–water partition coefficient (Wildman–Crippen LogP) is 1.33. The number of fused-ring (bicyclic) bond motifs is 1. The van der Waals surface area contributed by atoms with Crippen molar-refractivity contribution >= 4 is 11.6 Å². The first kappa shape index (κ1) is 7.74. The molecule has 0 aliphatic carbocycles. The summed E-state index contributed by atoms with van der Waals surface area (Å²) in [4.78, 5) is 11.1. The first-order chi connectivity index (χ1) is 6.18. The number of halogens is 1. The van der Waals surface area contributed by atoms with E-state index in [9.17, 15) is 9.18 Å². The number of para-hydroxylation sites is 1. The number of alkyl halides is 1. The lowest BCUT2D eigenvalue weighted by Gasteiger charge is -2.05. The van der Waals surface area contributed by atoms with Gasteiger partial charge >= 0.3 is 0 Å². The predicted molar refractivity (Wildman–Crippen MR) is 43.5 cm³/mol. The van der Waals surface area contributed by atoms with Gasteiger partial charge in [0.1, 0.15) is 6.07 Å². The summed E-state index contributed by atoms with van der Waals surface area (Å²) in [6, 6.07) is 7.61. The third-order valence-corrected chi connectivity index (χ3v) is 2.01. The van der Waals surface area contributed by atoms with Gasteiger partial charge in [-0.15, -0.1) is 0 Å². The smallest absolute Gasteiger partial charge is 0.300 e. The van der Waals surface area contributed by atoms with Crippen molar-refractivity contribution in [1.29, 1.82) is 5.26 Å². The van der Waals surface area contributed by atoms with E-state index >= 15 is 0 Å². The Bertz CT molecular complexity index is 424. The Morgan fingerprint density at radius 2 is 2.15 bits per heavy atom. The summed E-state index contributed by atoms with van der Waals surface area (Å²) < 4.78 is 13.7. The molecular formula is C9H5FN2O. The highest BCUT2D eigenvalue weighted by Gasteiger charge is 2.47. The molecule has 0 spiro atoms. The maximum atomic E-state index is 13.7. The maximum absolute atomic E-state index is 13.7. The lowest BCUT2D eigenvalue weighted by atomic mass is 9.99. The first-order valence-corrected chi connectivity index (χ1v) is 3.69. The molecule has 2 rings (SSSR count). The molecule has 1 N–H and O–H groups in total. The molecule has 0 bridgehead atoms. The van der Waals surface area contributed by atoms with Crippen molar-refractivity contribution in [3.8, 4) is 6.07 Å². The van der Waals surface area contributed by atoms with Crippen LogP contribution in [-0.4, -0.2) is 5.91 Å².